The van der Waals surface area contributed by atoms with E-state index in [0.717, 1.165) is 42.9 Å². The molecular weight excluding hydrogens is 284 g/mol. The van der Waals surface area contributed by atoms with Gasteiger partial charge in [-0.15, -0.1) is 11.3 Å². The van der Waals surface area contributed by atoms with E-state index in [1.807, 2.05) is 34.5 Å². The number of piperidine rings is 1. The van der Waals surface area contributed by atoms with Crippen LogP contribution in [0.15, 0.2) is 29.6 Å². The minimum absolute atomic E-state index is 0.0482. The number of nitrogens with two attached hydrogens (primary N) is 1. The van der Waals surface area contributed by atoms with E-state index in [1.54, 1.807) is 0 Å². The lowest BCUT2D eigenvalue weighted by Crippen LogP contribution is -2.38. The Balaban J connectivity index is 1.67. The number of benzene rings is 1. The number of urea groups is 1. The van der Waals surface area contributed by atoms with Gasteiger partial charge < -0.3 is 10.6 Å². The maximum Gasteiger partial charge on any atom is 0.323 e. The average Bonchev–Trinajstić information content (AvgIpc) is 2.97. The first-order chi connectivity index (χ1) is 10.2. The average molecular weight is 302 g/mol. The lowest BCUT2D eigenvalue weighted by Gasteiger charge is -2.26. The van der Waals surface area contributed by atoms with Gasteiger partial charge in [0.25, 0.3) is 0 Å². The van der Waals surface area contributed by atoms with Crippen LogP contribution in [-0.2, 0) is 0 Å². The van der Waals surface area contributed by atoms with Gasteiger partial charge in [0.05, 0.1) is 5.69 Å². The molecule has 110 valence electrons. The molecule has 0 aliphatic carbocycles. The van der Waals surface area contributed by atoms with Gasteiger partial charge in [-0.3, -0.25) is 5.32 Å². The molecule has 1 fully saturated rings. The van der Waals surface area contributed by atoms with Crippen molar-refractivity contribution in [2.75, 3.05) is 24.1 Å². The van der Waals surface area contributed by atoms with E-state index in [9.17, 15) is 4.79 Å². The number of rotatable bonds is 2. The summed E-state index contributed by atoms with van der Waals surface area (Å²) < 4.78 is 0. The van der Waals surface area contributed by atoms with E-state index in [1.165, 1.54) is 17.8 Å². The number of nitrogens with zero attached hydrogens (tertiary/aromatic N) is 2. The predicted octanol–water partition coefficient (Wildman–Crippen LogP) is 3.41. The second-order valence-corrected chi connectivity index (χ2v) is 6.00. The quantitative estimate of drug-likeness (QED) is 0.835. The van der Waals surface area contributed by atoms with Gasteiger partial charge in [0.1, 0.15) is 0 Å². The Bertz CT molecular complexity index is 617. The molecule has 6 heteroatoms. The van der Waals surface area contributed by atoms with Gasteiger partial charge in [-0.25, -0.2) is 9.78 Å². The van der Waals surface area contributed by atoms with Crippen LogP contribution in [0.3, 0.4) is 0 Å². The predicted molar refractivity (Wildman–Crippen MR) is 86.4 cm³/mol. The second kappa shape index (κ2) is 6.13. The third-order valence-corrected chi connectivity index (χ3v) is 4.33. The molecule has 0 saturated carbocycles. The molecule has 2 aromatic rings. The van der Waals surface area contributed by atoms with Crippen molar-refractivity contribution in [3.63, 3.8) is 0 Å². The fourth-order valence-corrected chi connectivity index (χ4v) is 3.09. The minimum atomic E-state index is -0.0482. The monoisotopic (exact) mass is 302 g/mol. The molecule has 5 nitrogen and oxygen atoms in total. The Kier molecular flexibility index (Phi) is 4.06. The number of thiazole rings is 1. The number of anilines is 2. The number of likely N-dealkylation sites (tertiary alicyclic amines) is 1. The van der Waals surface area contributed by atoms with Crippen LogP contribution in [0.1, 0.15) is 19.3 Å². The minimum Gasteiger partial charge on any atom is -0.399 e. The van der Waals surface area contributed by atoms with Crippen molar-refractivity contribution in [3.05, 3.63) is 29.6 Å². The van der Waals surface area contributed by atoms with E-state index in [-0.39, 0.29) is 6.03 Å². The highest BCUT2D eigenvalue weighted by Gasteiger charge is 2.17. The van der Waals surface area contributed by atoms with E-state index in [4.69, 9.17) is 5.73 Å². The standard InChI is InChI=1S/C15H18N4OS/c16-12-6-4-11(5-7-12)13-10-21-14(17-13)18-15(20)19-8-2-1-3-9-19/h4-7,10H,1-3,8-9,16H2,(H,17,18,20). The molecule has 1 saturated heterocycles. The van der Waals surface area contributed by atoms with E-state index in [2.05, 4.69) is 10.3 Å². The number of nitrogen functional groups attached to an aromatic ring is 1. The molecule has 1 aromatic heterocycles. The summed E-state index contributed by atoms with van der Waals surface area (Å²) in [6.07, 6.45) is 3.38. The van der Waals surface area contributed by atoms with Crippen LogP contribution in [0, 0.1) is 0 Å². The third kappa shape index (κ3) is 3.33. The van der Waals surface area contributed by atoms with Crippen LogP contribution in [0.2, 0.25) is 0 Å². The fourth-order valence-electron chi connectivity index (χ4n) is 2.39. The normalized spacial score (nSPS) is 15.0. The smallest absolute Gasteiger partial charge is 0.323 e. The van der Waals surface area contributed by atoms with Crippen LogP contribution in [0.4, 0.5) is 15.6 Å². The summed E-state index contributed by atoms with van der Waals surface area (Å²) in [6, 6.07) is 7.51. The van der Waals surface area contributed by atoms with Crippen molar-refractivity contribution >= 4 is 28.2 Å². The first-order valence-electron chi connectivity index (χ1n) is 7.10. The van der Waals surface area contributed by atoms with E-state index < -0.39 is 0 Å². The number of hydrogen-bond acceptors (Lipinski definition) is 4. The van der Waals surface area contributed by atoms with Gasteiger partial charge in [-0.1, -0.05) is 12.1 Å². The van der Waals surface area contributed by atoms with Crippen molar-refractivity contribution < 1.29 is 4.79 Å². The first kappa shape index (κ1) is 13.9. The summed E-state index contributed by atoms with van der Waals surface area (Å²) in [5.74, 6) is 0. The summed E-state index contributed by atoms with van der Waals surface area (Å²) in [4.78, 5) is 18.4. The molecular formula is C15H18N4OS. The lowest BCUT2D eigenvalue weighted by molar-refractivity contribution is 0.200. The van der Waals surface area contributed by atoms with Gasteiger partial charge in [0.15, 0.2) is 5.13 Å². The number of carbonyl (C=O) groups excluding carboxylic acids is 1. The SMILES string of the molecule is Nc1ccc(-c2csc(NC(=O)N3CCCCC3)n2)cc1. The molecule has 3 rings (SSSR count). The zero-order chi connectivity index (χ0) is 14.7. The van der Waals surface area contributed by atoms with Crippen LogP contribution in [0.25, 0.3) is 11.3 Å². The maximum atomic E-state index is 12.1. The largest absolute Gasteiger partial charge is 0.399 e. The fraction of sp³-hybridized carbons (Fsp3) is 0.333. The second-order valence-electron chi connectivity index (χ2n) is 5.14. The highest BCUT2D eigenvalue weighted by Crippen LogP contribution is 2.25. The van der Waals surface area contributed by atoms with E-state index in [0.29, 0.717) is 5.13 Å². The topological polar surface area (TPSA) is 71.2 Å². The van der Waals surface area contributed by atoms with Crippen LogP contribution >= 0.6 is 11.3 Å². The molecule has 1 aliphatic heterocycles. The number of hydrogen-bond donors (Lipinski definition) is 2. The lowest BCUT2D eigenvalue weighted by atomic mass is 10.1. The van der Waals surface area contributed by atoms with Crippen molar-refractivity contribution in [1.29, 1.82) is 0 Å². The van der Waals surface area contributed by atoms with Gasteiger partial charge in [-0.05, 0) is 31.4 Å². The molecule has 21 heavy (non-hydrogen) atoms. The van der Waals surface area contributed by atoms with Gasteiger partial charge in [-0.2, -0.15) is 0 Å². The number of nitrogens with one attached hydrogen (secondary N) is 1. The zero-order valence-corrected chi connectivity index (χ0v) is 12.5. The van der Waals surface area contributed by atoms with Gasteiger partial charge in [0, 0.05) is 29.7 Å². The summed E-state index contributed by atoms with van der Waals surface area (Å²) in [7, 11) is 0. The molecule has 0 bridgehead atoms. The Morgan fingerprint density at radius 3 is 2.62 bits per heavy atom. The number of amides is 2. The molecule has 3 N–H and O–H groups in total. The summed E-state index contributed by atoms with van der Waals surface area (Å²) in [6.45, 7) is 1.67. The highest BCUT2D eigenvalue weighted by molar-refractivity contribution is 7.14. The summed E-state index contributed by atoms with van der Waals surface area (Å²) in [5, 5.41) is 5.46. The van der Waals surface area contributed by atoms with Crippen molar-refractivity contribution in [1.82, 2.24) is 9.88 Å². The van der Waals surface area contributed by atoms with Crippen LogP contribution < -0.4 is 11.1 Å². The van der Waals surface area contributed by atoms with Crippen molar-refractivity contribution in [3.8, 4) is 11.3 Å². The number of carbonyl (C=O) groups is 1. The zero-order valence-electron chi connectivity index (χ0n) is 11.7. The maximum absolute atomic E-state index is 12.1. The molecule has 0 unspecified atom stereocenters. The first-order valence-corrected chi connectivity index (χ1v) is 7.98. The molecule has 1 aliphatic rings. The molecule has 0 spiro atoms. The molecule has 1 aromatic carbocycles. The Morgan fingerprint density at radius 2 is 1.90 bits per heavy atom. The van der Waals surface area contributed by atoms with Gasteiger partial charge >= 0.3 is 6.03 Å². The van der Waals surface area contributed by atoms with Crippen molar-refractivity contribution in [2.45, 2.75) is 19.3 Å². The molecule has 0 atom stereocenters. The molecule has 2 heterocycles. The Hall–Kier alpha value is -2.08. The highest BCUT2D eigenvalue weighted by atomic mass is 32.1. The van der Waals surface area contributed by atoms with Crippen LogP contribution in [-0.4, -0.2) is 29.0 Å². The summed E-state index contributed by atoms with van der Waals surface area (Å²) >= 11 is 1.44. The van der Waals surface area contributed by atoms with Crippen LogP contribution in [0.5, 0.6) is 0 Å². The van der Waals surface area contributed by atoms with Crippen molar-refractivity contribution in [2.24, 2.45) is 0 Å². The Morgan fingerprint density at radius 1 is 1.19 bits per heavy atom. The summed E-state index contributed by atoms with van der Waals surface area (Å²) in [5.41, 5.74) is 8.26. The molecule has 2 amide bonds. The Labute approximate surface area is 127 Å². The van der Waals surface area contributed by atoms with E-state index >= 15 is 0 Å². The number of aromatic nitrogens is 1. The molecule has 0 radical (unpaired) electrons. The van der Waals surface area contributed by atoms with Gasteiger partial charge in [0.2, 0.25) is 0 Å². The third-order valence-electron chi connectivity index (χ3n) is 3.57.